The Labute approximate surface area is 197 Å². The SMILES string of the molecule is c1ccc2c(C3CNOc4ccc(-c5ccc6nc(C7CNC7)[nH]c6c5)cc4C3)ccnc2c1. The number of imidazole rings is 1. The molecule has 168 valence electrons. The molecule has 0 spiro atoms. The van der Waals surface area contributed by atoms with E-state index < -0.39 is 0 Å². The molecule has 4 heterocycles. The first kappa shape index (κ1) is 19.7. The Hall–Kier alpha value is -3.74. The zero-order valence-corrected chi connectivity index (χ0v) is 18.7. The quantitative estimate of drug-likeness (QED) is 0.374. The van der Waals surface area contributed by atoms with Crippen LogP contribution in [0.15, 0.2) is 72.9 Å². The summed E-state index contributed by atoms with van der Waals surface area (Å²) < 4.78 is 0. The normalized spacial score (nSPS) is 18.3. The molecule has 6 nitrogen and oxygen atoms in total. The van der Waals surface area contributed by atoms with Gasteiger partial charge in [0.1, 0.15) is 11.6 Å². The van der Waals surface area contributed by atoms with E-state index in [0.717, 1.165) is 54.2 Å². The van der Waals surface area contributed by atoms with Gasteiger partial charge in [-0.15, -0.1) is 0 Å². The fourth-order valence-corrected chi connectivity index (χ4v) is 5.15. The number of fused-ring (bicyclic) bond motifs is 3. The molecule has 2 aromatic heterocycles. The predicted molar refractivity (Wildman–Crippen MR) is 134 cm³/mol. The van der Waals surface area contributed by atoms with Gasteiger partial charge in [0.25, 0.3) is 0 Å². The molecule has 0 aliphatic carbocycles. The van der Waals surface area contributed by atoms with E-state index in [1.54, 1.807) is 0 Å². The van der Waals surface area contributed by atoms with E-state index in [4.69, 9.17) is 9.82 Å². The van der Waals surface area contributed by atoms with E-state index in [2.05, 4.69) is 81.4 Å². The highest BCUT2D eigenvalue weighted by molar-refractivity contribution is 5.83. The monoisotopic (exact) mass is 447 g/mol. The third kappa shape index (κ3) is 3.34. The van der Waals surface area contributed by atoms with E-state index in [9.17, 15) is 0 Å². The van der Waals surface area contributed by atoms with Crippen molar-refractivity contribution in [1.29, 1.82) is 0 Å². The van der Waals surface area contributed by atoms with Crippen LogP contribution in [0.4, 0.5) is 0 Å². The lowest BCUT2D eigenvalue weighted by Gasteiger charge is -2.24. The number of H-pyrrole nitrogens is 1. The van der Waals surface area contributed by atoms with Crippen LogP contribution in [0, 0.1) is 0 Å². The van der Waals surface area contributed by atoms with Gasteiger partial charge in [-0.1, -0.05) is 30.3 Å². The number of para-hydroxylation sites is 1. The number of nitrogens with one attached hydrogen (secondary N) is 3. The van der Waals surface area contributed by atoms with Gasteiger partial charge in [0.05, 0.1) is 16.6 Å². The van der Waals surface area contributed by atoms with Crippen molar-refractivity contribution in [3.63, 3.8) is 0 Å². The molecule has 2 aliphatic rings. The first-order valence-corrected chi connectivity index (χ1v) is 11.9. The maximum absolute atomic E-state index is 5.93. The molecule has 0 radical (unpaired) electrons. The van der Waals surface area contributed by atoms with Crippen molar-refractivity contribution in [3.05, 3.63) is 89.9 Å². The third-order valence-corrected chi connectivity index (χ3v) is 7.16. The summed E-state index contributed by atoms with van der Waals surface area (Å²) >= 11 is 0. The fraction of sp³-hybridized carbons (Fsp3) is 0.214. The molecule has 3 aromatic carbocycles. The fourth-order valence-electron chi connectivity index (χ4n) is 5.15. The summed E-state index contributed by atoms with van der Waals surface area (Å²) in [4.78, 5) is 18.8. The Kier molecular flexibility index (Phi) is 4.60. The average Bonchev–Trinajstić information content (AvgIpc) is 3.12. The molecule has 1 saturated heterocycles. The number of hydrogen-bond donors (Lipinski definition) is 3. The van der Waals surface area contributed by atoms with Crippen LogP contribution in [-0.4, -0.2) is 34.6 Å². The van der Waals surface area contributed by atoms with Crippen molar-refractivity contribution >= 4 is 21.9 Å². The summed E-state index contributed by atoms with van der Waals surface area (Å²) in [5.41, 5.74) is 11.2. The van der Waals surface area contributed by atoms with Crippen LogP contribution in [0.5, 0.6) is 5.75 Å². The highest BCUT2D eigenvalue weighted by atomic mass is 16.6. The molecule has 0 bridgehead atoms. The molecule has 3 N–H and O–H groups in total. The Morgan fingerprint density at radius 3 is 2.62 bits per heavy atom. The number of benzene rings is 3. The van der Waals surface area contributed by atoms with Crippen LogP contribution < -0.4 is 15.6 Å². The summed E-state index contributed by atoms with van der Waals surface area (Å²) in [5.74, 6) is 2.76. The molecule has 1 fully saturated rings. The first-order chi connectivity index (χ1) is 16.8. The Balaban J connectivity index is 1.24. The number of aromatic nitrogens is 3. The predicted octanol–water partition coefficient (Wildman–Crippen LogP) is 4.69. The molecule has 0 saturated carbocycles. The minimum Gasteiger partial charge on any atom is -0.408 e. The summed E-state index contributed by atoms with van der Waals surface area (Å²) in [7, 11) is 0. The molecule has 34 heavy (non-hydrogen) atoms. The Bertz CT molecular complexity index is 1520. The lowest BCUT2D eigenvalue weighted by molar-refractivity contribution is 0.197. The zero-order valence-electron chi connectivity index (χ0n) is 18.7. The lowest BCUT2D eigenvalue weighted by Crippen LogP contribution is -2.40. The second kappa shape index (κ2) is 7.94. The van der Waals surface area contributed by atoms with Gasteiger partial charge < -0.3 is 15.1 Å². The molecule has 1 atom stereocenters. The summed E-state index contributed by atoms with van der Waals surface area (Å²) in [6, 6.07) is 23.5. The second-order valence-corrected chi connectivity index (χ2v) is 9.30. The number of aromatic amines is 1. The van der Waals surface area contributed by atoms with Gasteiger partial charge >= 0.3 is 0 Å². The van der Waals surface area contributed by atoms with E-state index in [1.807, 2.05) is 12.3 Å². The minimum atomic E-state index is 0.290. The van der Waals surface area contributed by atoms with Crippen molar-refractivity contribution in [2.75, 3.05) is 19.6 Å². The smallest absolute Gasteiger partial charge is 0.150 e. The van der Waals surface area contributed by atoms with Crippen molar-refractivity contribution in [3.8, 4) is 16.9 Å². The molecule has 0 amide bonds. The number of rotatable bonds is 3. The Morgan fingerprint density at radius 2 is 1.71 bits per heavy atom. The average molecular weight is 448 g/mol. The van der Waals surface area contributed by atoms with Crippen molar-refractivity contribution in [2.24, 2.45) is 0 Å². The molecule has 6 heteroatoms. The number of nitrogens with zero attached hydrogens (tertiary/aromatic N) is 2. The van der Waals surface area contributed by atoms with Crippen LogP contribution >= 0.6 is 0 Å². The maximum atomic E-state index is 5.93. The Morgan fingerprint density at radius 1 is 0.824 bits per heavy atom. The van der Waals surface area contributed by atoms with Gasteiger partial charge in [-0.2, -0.15) is 5.48 Å². The van der Waals surface area contributed by atoms with Gasteiger partial charge in [-0.25, -0.2) is 4.98 Å². The number of hydrogen-bond acceptors (Lipinski definition) is 5. The largest absolute Gasteiger partial charge is 0.408 e. The second-order valence-electron chi connectivity index (χ2n) is 9.30. The van der Waals surface area contributed by atoms with E-state index in [-0.39, 0.29) is 5.92 Å². The highest BCUT2D eigenvalue weighted by Crippen LogP contribution is 2.35. The molecular weight excluding hydrogens is 422 g/mol. The van der Waals surface area contributed by atoms with Gasteiger partial charge in [-0.05, 0) is 65.1 Å². The van der Waals surface area contributed by atoms with E-state index >= 15 is 0 Å². The minimum absolute atomic E-state index is 0.290. The van der Waals surface area contributed by atoms with Crippen molar-refractivity contribution in [1.82, 2.24) is 25.7 Å². The molecule has 7 rings (SSSR count). The third-order valence-electron chi connectivity index (χ3n) is 7.16. The topological polar surface area (TPSA) is 74.9 Å². The van der Waals surface area contributed by atoms with Gasteiger partial charge in [0, 0.05) is 43.1 Å². The molecule has 1 unspecified atom stereocenters. The zero-order chi connectivity index (χ0) is 22.5. The van der Waals surface area contributed by atoms with Gasteiger partial charge in [0.2, 0.25) is 0 Å². The highest BCUT2D eigenvalue weighted by Gasteiger charge is 2.23. The first-order valence-electron chi connectivity index (χ1n) is 11.9. The summed E-state index contributed by atoms with van der Waals surface area (Å²) in [5, 5.41) is 4.53. The van der Waals surface area contributed by atoms with E-state index in [1.165, 1.54) is 27.6 Å². The standard InChI is InChI=1S/C28H25N5O/c1-2-4-24-23(3-1)22(9-10-30-24)20-12-19-11-17(6-8-27(19)34-31-16-20)18-5-7-25-26(13-18)33-28(32-25)21-14-29-15-21/h1-11,13,20-21,29,31H,12,14-16H2,(H,32,33). The summed E-state index contributed by atoms with van der Waals surface area (Å²) in [6.07, 6.45) is 2.81. The van der Waals surface area contributed by atoms with Crippen LogP contribution in [0.3, 0.4) is 0 Å². The van der Waals surface area contributed by atoms with E-state index in [0.29, 0.717) is 5.92 Å². The van der Waals surface area contributed by atoms with Crippen LogP contribution in [0.1, 0.15) is 28.8 Å². The van der Waals surface area contributed by atoms with Crippen LogP contribution in [-0.2, 0) is 6.42 Å². The van der Waals surface area contributed by atoms with Crippen LogP contribution in [0.25, 0.3) is 33.1 Å². The lowest BCUT2D eigenvalue weighted by atomic mass is 9.89. The van der Waals surface area contributed by atoms with Crippen LogP contribution in [0.2, 0.25) is 0 Å². The number of hydroxylamine groups is 1. The van der Waals surface area contributed by atoms with Crippen molar-refractivity contribution < 1.29 is 4.84 Å². The van der Waals surface area contributed by atoms with Gasteiger partial charge in [0.15, 0.2) is 0 Å². The number of pyridine rings is 1. The molecule has 2 aliphatic heterocycles. The summed E-state index contributed by atoms with van der Waals surface area (Å²) in [6.45, 7) is 2.75. The van der Waals surface area contributed by atoms with Gasteiger partial charge in [-0.3, -0.25) is 4.98 Å². The maximum Gasteiger partial charge on any atom is 0.150 e. The van der Waals surface area contributed by atoms with Crippen molar-refractivity contribution in [2.45, 2.75) is 18.3 Å². The molecule has 5 aromatic rings. The molecular formula is C28H25N5O.